The van der Waals surface area contributed by atoms with Crippen LogP contribution in [0.5, 0.6) is 0 Å². The maximum Gasteiger partial charge on any atom is 0.220 e. The fraction of sp³-hybridized carbons (Fsp3) is 0.923. The number of ether oxygens (including phenoxy) is 2. The Bertz CT molecular complexity index is 299. The number of carbonyl (C=O) groups excluding carboxylic acids is 1. The van der Waals surface area contributed by atoms with Crippen molar-refractivity contribution in [2.75, 3.05) is 26.4 Å². The van der Waals surface area contributed by atoms with Crippen LogP contribution in [0.1, 0.15) is 25.7 Å². The summed E-state index contributed by atoms with van der Waals surface area (Å²) in [5.41, 5.74) is 0. The summed E-state index contributed by atoms with van der Waals surface area (Å²) in [5.74, 6) is 0.161. The molecule has 2 aliphatic heterocycles. The van der Waals surface area contributed by atoms with E-state index >= 15 is 0 Å². The molecule has 2 saturated heterocycles. The van der Waals surface area contributed by atoms with E-state index in [4.69, 9.17) is 14.6 Å². The molecule has 0 aromatic rings. The highest BCUT2D eigenvalue weighted by atomic mass is 16.5. The van der Waals surface area contributed by atoms with Gasteiger partial charge < -0.3 is 25.0 Å². The standard InChI is InChI=1S/C13H23NO5/c15-8-12-9(3-5-19-12)7-14-13(17)2-1-11-10(16)4-6-18-11/h9-12,15-16H,1-8H2,(H,14,17)/t9?,10-,11-,12-/m1/s1. The molecule has 0 radical (unpaired) electrons. The van der Waals surface area contributed by atoms with E-state index in [1.807, 2.05) is 0 Å². The van der Waals surface area contributed by atoms with Gasteiger partial charge in [0.05, 0.1) is 24.9 Å². The third-order valence-corrected chi connectivity index (χ3v) is 3.92. The largest absolute Gasteiger partial charge is 0.394 e. The molecule has 2 heterocycles. The van der Waals surface area contributed by atoms with Gasteiger partial charge in [-0.05, 0) is 19.3 Å². The van der Waals surface area contributed by atoms with Gasteiger partial charge >= 0.3 is 0 Å². The SMILES string of the molecule is O=C(CC[C@H]1OCC[C@H]1O)NCC1CCO[C@@H]1CO. The molecule has 3 N–H and O–H groups in total. The Morgan fingerprint density at radius 2 is 1.95 bits per heavy atom. The van der Waals surface area contributed by atoms with E-state index < -0.39 is 6.10 Å². The van der Waals surface area contributed by atoms with Gasteiger partial charge in [0.25, 0.3) is 0 Å². The zero-order chi connectivity index (χ0) is 13.7. The molecule has 0 aromatic carbocycles. The van der Waals surface area contributed by atoms with Crippen molar-refractivity contribution < 1.29 is 24.5 Å². The molecular formula is C13H23NO5. The molecule has 2 aliphatic rings. The van der Waals surface area contributed by atoms with Crippen molar-refractivity contribution >= 4 is 5.91 Å². The average Bonchev–Trinajstić information content (AvgIpc) is 3.02. The first kappa shape index (κ1) is 14.7. The zero-order valence-electron chi connectivity index (χ0n) is 11.1. The third-order valence-electron chi connectivity index (χ3n) is 3.92. The van der Waals surface area contributed by atoms with Crippen molar-refractivity contribution in [3.05, 3.63) is 0 Å². The van der Waals surface area contributed by atoms with Crippen LogP contribution in [0.15, 0.2) is 0 Å². The van der Waals surface area contributed by atoms with Gasteiger partial charge in [-0.15, -0.1) is 0 Å². The summed E-state index contributed by atoms with van der Waals surface area (Å²) in [6, 6.07) is 0. The number of aliphatic hydroxyl groups is 2. The van der Waals surface area contributed by atoms with Gasteiger partial charge in [0.1, 0.15) is 0 Å². The van der Waals surface area contributed by atoms with Crippen molar-refractivity contribution in [1.82, 2.24) is 5.32 Å². The van der Waals surface area contributed by atoms with Crippen molar-refractivity contribution in [3.63, 3.8) is 0 Å². The van der Waals surface area contributed by atoms with Gasteiger partial charge in [0.2, 0.25) is 5.91 Å². The number of rotatable bonds is 6. The maximum absolute atomic E-state index is 11.7. The van der Waals surface area contributed by atoms with Gasteiger partial charge in [-0.3, -0.25) is 4.79 Å². The molecule has 2 fully saturated rings. The third kappa shape index (κ3) is 4.14. The second kappa shape index (κ2) is 7.19. The number of carbonyl (C=O) groups is 1. The maximum atomic E-state index is 11.7. The minimum Gasteiger partial charge on any atom is -0.394 e. The van der Waals surface area contributed by atoms with Crippen LogP contribution in [0.4, 0.5) is 0 Å². The van der Waals surface area contributed by atoms with E-state index in [1.165, 1.54) is 0 Å². The molecule has 4 atom stereocenters. The molecular weight excluding hydrogens is 250 g/mol. The smallest absolute Gasteiger partial charge is 0.220 e. The fourth-order valence-electron chi connectivity index (χ4n) is 2.65. The first-order valence-corrected chi connectivity index (χ1v) is 6.99. The molecule has 2 rings (SSSR count). The second-order valence-corrected chi connectivity index (χ2v) is 5.25. The normalized spacial score (nSPS) is 34.6. The van der Waals surface area contributed by atoms with Crippen molar-refractivity contribution in [3.8, 4) is 0 Å². The van der Waals surface area contributed by atoms with E-state index in [0.29, 0.717) is 39.0 Å². The molecule has 0 bridgehead atoms. The number of aliphatic hydroxyl groups excluding tert-OH is 2. The van der Waals surface area contributed by atoms with Crippen LogP contribution in [0, 0.1) is 5.92 Å². The molecule has 6 nitrogen and oxygen atoms in total. The minimum atomic E-state index is -0.435. The molecule has 110 valence electrons. The summed E-state index contributed by atoms with van der Waals surface area (Å²) in [7, 11) is 0. The van der Waals surface area contributed by atoms with Crippen LogP contribution < -0.4 is 5.32 Å². The van der Waals surface area contributed by atoms with Crippen molar-refractivity contribution in [2.45, 2.75) is 44.0 Å². The molecule has 0 aliphatic carbocycles. The van der Waals surface area contributed by atoms with Gasteiger partial charge in [0.15, 0.2) is 0 Å². The van der Waals surface area contributed by atoms with E-state index in [-0.39, 0.29) is 30.6 Å². The monoisotopic (exact) mass is 273 g/mol. The second-order valence-electron chi connectivity index (χ2n) is 5.25. The molecule has 6 heteroatoms. The summed E-state index contributed by atoms with van der Waals surface area (Å²) in [5, 5.41) is 21.5. The Balaban J connectivity index is 1.61. The average molecular weight is 273 g/mol. The molecule has 0 spiro atoms. The lowest BCUT2D eigenvalue weighted by Gasteiger charge is -2.17. The molecule has 1 unspecified atom stereocenters. The van der Waals surface area contributed by atoms with E-state index in [0.717, 1.165) is 6.42 Å². The molecule has 0 saturated carbocycles. The summed E-state index contributed by atoms with van der Waals surface area (Å²) in [6.07, 6.45) is 1.65. The van der Waals surface area contributed by atoms with Crippen molar-refractivity contribution in [1.29, 1.82) is 0 Å². The lowest BCUT2D eigenvalue weighted by Crippen LogP contribution is -2.35. The Labute approximate surface area is 113 Å². The van der Waals surface area contributed by atoms with Crippen LogP contribution in [-0.4, -0.2) is 60.8 Å². The molecule has 0 aromatic heterocycles. The van der Waals surface area contributed by atoms with Crippen LogP contribution in [0.2, 0.25) is 0 Å². The van der Waals surface area contributed by atoms with E-state index in [1.54, 1.807) is 0 Å². The Morgan fingerprint density at radius 3 is 2.63 bits per heavy atom. The van der Waals surface area contributed by atoms with Gasteiger partial charge in [-0.2, -0.15) is 0 Å². The van der Waals surface area contributed by atoms with E-state index in [2.05, 4.69) is 5.32 Å². The highest BCUT2D eigenvalue weighted by molar-refractivity contribution is 5.75. The minimum absolute atomic E-state index is 0.00262. The van der Waals surface area contributed by atoms with Crippen LogP contribution in [-0.2, 0) is 14.3 Å². The van der Waals surface area contributed by atoms with Crippen LogP contribution >= 0.6 is 0 Å². The summed E-state index contributed by atoms with van der Waals surface area (Å²) >= 11 is 0. The highest BCUT2D eigenvalue weighted by Crippen LogP contribution is 2.20. The lowest BCUT2D eigenvalue weighted by atomic mass is 10.0. The summed E-state index contributed by atoms with van der Waals surface area (Å²) in [4.78, 5) is 11.7. The van der Waals surface area contributed by atoms with Crippen LogP contribution in [0.25, 0.3) is 0 Å². The predicted molar refractivity (Wildman–Crippen MR) is 67.5 cm³/mol. The van der Waals surface area contributed by atoms with Crippen LogP contribution in [0.3, 0.4) is 0 Å². The first-order chi connectivity index (χ1) is 9.20. The zero-order valence-corrected chi connectivity index (χ0v) is 11.1. The molecule has 1 amide bonds. The van der Waals surface area contributed by atoms with Crippen molar-refractivity contribution in [2.24, 2.45) is 5.92 Å². The van der Waals surface area contributed by atoms with Gasteiger partial charge in [-0.1, -0.05) is 0 Å². The topological polar surface area (TPSA) is 88.0 Å². The molecule has 19 heavy (non-hydrogen) atoms. The number of amides is 1. The Hall–Kier alpha value is -0.690. The first-order valence-electron chi connectivity index (χ1n) is 6.99. The predicted octanol–water partition coefficient (Wildman–Crippen LogP) is -0.570. The Morgan fingerprint density at radius 1 is 1.21 bits per heavy atom. The van der Waals surface area contributed by atoms with Gasteiger partial charge in [-0.25, -0.2) is 0 Å². The lowest BCUT2D eigenvalue weighted by molar-refractivity contribution is -0.122. The number of hydrogen-bond donors (Lipinski definition) is 3. The Kier molecular flexibility index (Phi) is 5.57. The summed E-state index contributed by atoms with van der Waals surface area (Å²) < 4.78 is 10.7. The quantitative estimate of drug-likeness (QED) is 0.603. The highest BCUT2D eigenvalue weighted by Gasteiger charge is 2.29. The number of hydrogen-bond acceptors (Lipinski definition) is 5. The fourth-order valence-corrected chi connectivity index (χ4v) is 2.65. The van der Waals surface area contributed by atoms with E-state index in [9.17, 15) is 9.90 Å². The number of nitrogens with one attached hydrogen (secondary N) is 1. The summed E-state index contributed by atoms with van der Waals surface area (Å²) in [6.45, 7) is 1.76. The van der Waals surface area contributed by atoms with Gasteiger partial charge in [0, 0.05) is 32.1 Å².